The number of rotatable bonds is 6. The lowest BCUT2D eigenvalue weighted by atomic mass is 10.0. The Kier molecular flexibility index (Phi) is 4.86. The summed E-state index contributed by atoms with van der Waals surface area (Å²) in [6.07, 6.45) is 13.3. The van der Waals surface area contributed by atoms with Gasteiger partial charge in [0, 0.05) is 12.0 Å². The van der Waals surface area contributed by atoms with Crippen LogP contribution in [0.4, 0.5) is 0 Å². The molecule has 0 unspecified atom stereocenters. The summed E-state index contributed by atoms with van der Waals surface area (Å²) in [6, 6.07) is 0. The van der Waals surface area contributed by atoms with Gasteiger partial charge in [0.1, 0.15) is 17.2 Å². The summed E-state index contributed by atoms with van der Waals surface area (Å²) < 4.78 is 6.03. The number of allylic oxidation sites excluding steroid dienone is 6. The van der Waals surface area contributed by atoms with Crippen LogP contribution in [0.5, 0.6) is 0 Å². The molecule has 1 heterocycles. The van der Waals surface area contributed by atoms with Gasteiger partial charge in [-0.25, -0.2) is 0 Å². The molecule has 0 bridgehead atoms. The summed E-state index contributed by atoms with van der Waals surface area (Å²) in [4.78, 5) is 19.2. The van der Waals surface area contributed by atoms with E-state index in [-0.39, 0.29) is 6.61 Å². The molecule has 0 atom stereocenters. The first kappa shape index (κ1) is 16.1. The first-order valence-electron chi connectivity index (χ1n) is 7.76. The second-order valence-electron chi connectivity index (χ2n) is 5.63. The molecule has 0 saturated heterocycles. The van der Waals surface area contributed by atoms with Crippen molar-refractivity contribution in [1.82, 2.24) is 0 Å². The van der Waals surface area contributed by atoms with Crippen molar-refractivity contribution in [3.63, 3.8) is 0 Å². The molecule has 6 nitrogen and oxygen atoms in total. The van der Waals surface area contributed by atoms with Gasteiger partial charge < -0.3 is 14.7 Å². The van der Waals surface area contributed by atoms with Crippen LogP contribution in [0.2, 0.25) is 0 Å². The van der Waals surface area contributed by atoms with Crippen molar-refractivity contribution in [2.75, 3.05) is 6.61 Å². The van der Waals surface area contributed by atoms with Crippen LogP contribution in [-0.2, 0) is 9.57 Å². The van der Waals surface area contributed by atoms with Crippen LogP contribution in [0.3, 0.4) is 0 Å². The molecule has 1 N–H and O–H groups in total. The lowest BCUT2D eigenvalue weighted by Crippen LogP contribution is -1.96. The fourth-order valence-corrected chi connectivity index (χ4v) is 2.67. The highest BCUT2D eigenvalue weighted by Crippen LogP contribution is 2.44. The van der Waals surface area contributed by atoms with Gasteiger partial charge in [-0.15, -0.1) is 4.91 Å². The molecule has 3 aliphatic rings. The number of aliphatic imine (C=N–C) groups is 1. The van der Waals surface area contributed by atoms with Crippen molar-refractivity contribution in [1.29, 1.82) is 0 Å². The van der Waals surface area contributed by atoms with E-state index in [2.05, 4.69) is 17.1 Å². The predicted octanol–water partition coefficient (Wildman–Crippen LogP) is 3.61. The molecular weight excluding hydrogens is 308 g/mol. The van der Waals surface area contributed by atoms with Gasteiger partial charge in [0.2, 0.25) is 0 Å². The molecule has 2 aliphatic carbocycles. The van der Waals surface area contributed by atoms with E-state index < -0.39 is 0 Å². The predicted molar refractivity (Wildman–Crippen MR) is 90.4 cm³/mol. The zero-order valence-electron chi connectivity index (χ0n) is 13.1. The number of hydrogen-bond acceptors (Lipinski definition) is 6. The average Bonchev–Trinajstić information content (AvgIpc) is 3.41. The third-order valence-electron chi connectivity index (χ3n) is 3.96. The molecule has 1 fully saturated rings. The van der Waals surface area contributed by atoms with E-state index in [0.29, 0.717) is 35.3 Å². The first-order chi connectivity index (χ1) is 11.8. The molecule has 1 aliphatic heterocycles. The second kappa shape index (κ2) is 7.23. The van der Waals surface area contributed by atoms with E-state index in [1.165, 1.54) is 0 Å². The molecule has 1 saturated carbocycles. The number of aliphatic hydroxyl groups is 1. The Hall–Kier alpha value is -2.73. The van der Waals surface area contributed by atoms with Gasteiger partial charge in [0.25, 0.3) is 0 Å². The summed E-state index contributed by atoms with van der Waals surface area (Å²) in [5, 5.41) is 11.5. The minimum atomic E-state index is -0.0912. The zero-order chi connectivity index (χ0) is 16.9. The van der Waals surface area contributed by atoms with Gasteiger partial charge in [0.05, 0.1) is 6.61 Å². The Morgan fingerprint density at radius 2 is 2.25 bits per heavy atom. The zero-order valence-corrected chi connectivity index (χ0v) is 13.1. The van der Waals surface area contributed by atoms with Gasteiger partial charge in [-0.3, -0.25) is 4.99 Å². The van der Waals surface area contributed by atoms with E-state index in [0.717, 1.165) is 24.0 Å². The van der Waals surface area contributed by atoms with Crippen LogP contribution in [0.1, 0.15) is 19.3 Å². The molecular formula is C18H18N2O4. The molecule has 3 rings (SSSR count). The van der Waals surface area contributed by atoms with Crippen LogP contribution in [0.25, 0.3) is 0 Å². The van der Waals surface area contributed by atoms with Crippen LogP contribution < -0.4 is 0 Å². The van der Waals surface area contributed by atoms with Crippen molar-refractivity contribution < 1.29 is 14.7 Å². The van der Waals surface area contributed by atoms with E-state index in [1.807, 2.05) is 18.2 Å². The lowest BCUT2D eigenvalue weighted by Gasteiger charge is -2.10. The number of aliphatic hydroxyl groups excluding tert-OH is 1. The van der Waals surface area contributed by atoms with E-state index in [9.17, 15) is 4.91 Å². The third-order valence-corrected chi connectivity index (χ3v) is 3.96. The average molecular weight is 326 g/mol. The summed E-state index contributed by atoms with van der Waals surface area (Å²) in [5.74, 6) is 2.07. The fraction of sp³-hybridized carbons (Fsp3) is 0.278. The molecule has 124 valence electrons. The van der Waals surface area contributed by atoms with Crippen molar-refractivity contribution in [2.24, 2.45) is 16.3 Å². The Bertz CT molecular complexity index is 734. The monoisotopic (exact) mass is 326 g/mol. The Balaban J connectivity index is 2.06. The van der Waals surface area contributed by atoms with Crippen LogP contribution >= 0.6 is 0 Å². The highest BCUT2D eigenvalue weighted by atomic mass is 16.7. The normalized spacial score (nSPS) is 20.7. The molecule has 6 heteroatoms. The van der Waals surface area contributed by atoms with E-state index in [4.69, 9.17) is 14.7 Å². The van der Waals surface area contributed by atoms with Crippen molar-refractivity contribution in [3.8, 4) is 0 Å². The number of hydrogen-bond donors (Lipinski definition) is 1. The van der Waals surface area contributed by atoms with E-state index in [1.54, 1.807) is 18.2 Å². The van der Waals surface area contributed by atoms with Crippen molar-refractivity contribution in [2.45, 2.75) is 19.3 Å². The number of fused-ring (bicyclic) bond motifs is 1. The smallest absolute Gasteiger partial charge is 0.160 e. The van der Waals surface area contributed by atoms with E-state index >= 15 is 0 Å². The molecule has 0 aromatic carbocycles. The SMILES string of the molecule is C=NC1=C(/C=C\CO)OC2=CCC(ON=O)=CC=C2C=C1C1CC1. The second-order valence-corrected chi connectivity index (χ2v) is 5.63. The molecule has 24 heavy (non-hydrogen) atoms. The van der Waals surface area contributed by atoms with Gasteiger partial charge in [-0.2, -0.15) is 0 Å². The first-order valence-corrected chi connectivity index (χ1v) is 7.76. The topological polar surface area (TPSA) is 80.5 Å². The number of nitrogens with zero attached hydrogens (tertiary/aromatic N) is 2. The van der Waals surface area contributed by atoms with Gasteiger partial charge in [-0.1, -0.05) is 6.08 Å². The largest absolute Gasteiger partial charge is 0.455 e. The fourth-order valence-electron chi connectivity index (χ4n) is 2.67. The van der Waals surface area contributed by atoms with Gasteiger partial charge in [-0.05, 0) is 61.4 Å². The van der Waals surface area contributed by atoms with Crippen LogP contribution in [0.15, 0.2) is 80.9 Å². The van der Waals surface area contributed by atoms with Crippen molar-refractivity contribution in [3.05, 3.63) is 75.5 Å². The maximum Gasteiger partial charge on any atom is 0.160 e. The minimum Gasteiger partial charge on any atom is -0.455 e. The Morgan fingerprint density at radius 1 is 1.42 bits per heavy atom. The highest BCUT2D eigenvalue weighted by molar-refractivity contribution is 5.55. The van der Waals surface area contributed by atoms with Gasteiger partial charge >= 0.3 is 0 Å². The summed E-state index contributed by atoms with van der Waals surface area (Å²) >= 11 is 0. The standard InChI is InChI=1S/C18H18N2O4/c1-19-18-15(12-4-5-12)11-13-6-7-14(24-20-22)8-9-16(13)23-17(18)3-2-10-21/h2-3,6-7,9,11-12,21H,1,4-5,8,10H2/b3-2-. The molecule has 0 radical (unpaired) electrons. The molecule has 0 aromatic heterocycles. The third kappa shape index (κ3) is 3.44. The van der Waals surface area contributed by atoms with Crippen molar-refractivity contribution >= 4 is 6.72 Å². The summed E-state index contributed by atoms with van der Waals surface area (Å²) in [5.41, 5.74) is 2.64. The van der Waals surface area contributed by atoms with Crippen LogP contribution in [-0.4, -0.2) is 18.4 Å². The molecule has 0 amide bonds. The maximum atomic E-state index is 10.3. The Morgan fingerprint density at radius 3 is 2.92 bits per heavy atom. The summed E-state index contributed by atoms with van der Waals surface area (Å²) in [7, 11) is 0. The summed E-state index contributed by atoms with van der Waals surface area (Å²) in [6.45, 7) is 3.58. The quantitative estimate of drug-likeness (QED) is 0.459. The minimum absolute atomic E-state index is 0.0912. The maximum absolute atomic E-state index is 10.3. The van der Waals surface area contributed by atoms with Gasteiger partial charge in [0.15, 0.2) is 11.1 Å². The molecule has 0 aromatic rings. The van der Waals surface area contributed by atoms with Crippen LogP contribution in [0, 0.1) is 10.8 Å². The number of ether oxygens (including phenoxy) is 1. The highest BCUT2D eigenvalue weighted by Gasteiger charge is 2.32. The Labute approximate surface area is 139 Å². The lowest BCUT2D eigenvalue weighted by molar-refractivity contribution is 0.216. The molecule has 0 spiro atoms.